The monoisotopic (exact) mass is 470 g/mol. The Morgan fingerprint density at radius 2 is 1.46 bits per heavy atom. The van der Waals surface area contributed by atoms with Gasteiger partial charge >= 0.3 is 0 Å². The number of amides is 2. The van der Waals surface area contributed by atoms with Crippen molar-refractivity contribution in [2.45, 2.75) is 72.5 Å². The molecule has 0 saturated heterocycles. The zero-order valence-corrected chi connectivity index (χ0v) is 21.9. The van der Waals surface area contributed by atoms with Crippen molar-refractivity contribution in [1.82, 2.24) is 10.2 Å². The van der Waals surface area contributed by atoms with Crippen LogP contribution >= 0.6 is 0 Å². The van der Waals surface area contributed by atoms with Crippen molar-refractivity contribution in [2.24, 2.45) is 0 Å². The van der Waals surface area contributed by atoms with Crippen molar-refractivity contribution in [2.75, 3.05) is 0 Å². The largest absolute Gasteiger partial charge is 0.350 e. The predicted octanol–water partition coefficient (Wildman–Crippen LogP) is 5.71. The topological polar surface area (TPSA) is 49.4 Å². The maximum absolute atomic E-state index is 13.9. The molecule has 0 aliphatic heterocycles. The first-order valence-electron chi connectivity index (χ1n) is 12.3. The smallest absolute Gasteiger partial charge is 0.243 e. The summed E-state index contributed by atoms with van der Waals surface area (Å²) in [5.74, 6) is -0.190. The summed E-state index contributed by atoms with van der Waals surface area (Å²) < 4.78 is 0. The molecule has 1 atom stereocenters. The zero-order valence-electron chi connectivity index (χ0n) is 21.9. The highest BCUT2D eigenvalue weighted by Crippen LogP contribution is 2.20. The minimum absolute atomic E-state index is 0.0542. The number of rotatable bonds is 8. The maximum Gasteiger partial charge on any atom is 0.243 e. The third-order valence-electron chi connectivity index (χ3n) is 6.30. The summed E-state index contributed by atoms with van der Waals surface area (Å²) in [5.41, 5.74) is 6.08. The van der Waals surface area contributed by atoms with Crippen molar-refractivity contribution in [3.05, 3.63) is 106 Å². The van der Waals surface area contributed by atoms with E-state index >= 15 is 0 Å². The Morgan fingerprint density at radius 1 is 0.800 bits per heavy atom. The summed E-state index contributed by atoms with van der Waals surface area (Å²) >= 11 is 0. The Hall–Kier alpha value is -3.40. The molecule has 0 bridgehead atoms. The van der Waals surface area contributed by atoms with E-state index in [9.17, 15) is 9.59 Å². The molecular weight excluding hydrogens is 432 g/mol. The van der Waals surface area contributed by atoms with E-state index in [2.05, 4.69) is 31.3 Å². The molecule has 0 aliphatic carbocycles. The second kappa shape index (κ2) is 11.4. The van der Waals surface area contributed by atoms with Gasteiger partial charge in [0.1, 0.15) is 6.04 Å². The van der Waals surface area contributed by atoms with Crippen LogP contribution in [0.25, 0.3) is 0 Å². The van der Waals surface area contributed by atoms with Gasteiger partial charge in [-0.25, -0.2) is 0 Å². The molecule has 184 valence electrons. The molecule has 0 radical (unpaired) electrons. The van der Waals surface area contributed by atoms with Crippen LogP contribution in [0.15, 0.2) is 72.8 Å². The fourth-order valence-corrected chi connectivity index (χ4v) is 4.17. The van der Waals surface area contributed by atoms with Gasteiger partial charge in [0, 0.05) is 18.5 Å². The zero-order chi connectivity index (χ0) is 25.6. The highest BCUT2D eigenvalue weighted by molar-refractivity contribution is 5.89. The number of hydrogen-bond donors (Lipinski definition) is 1. The lowest BCUT2D eigenvalue weighted by molar-refractivity contribution is -0.141. The van der Waals surface area contributed by atoms with Crippen LogP contribution in [-0.2, 0) is 29.0 Å². The van der Waals surface area contributed by atoms with Crippen LogP contribution in [0, 0.1) is 20.8 Å². The normalized spacial score (nSPS) is 12.2. The van der Waals surface area contributed by atoms with Crippen LogP contribution in [0.1, 0.15) is 54.2 Å². The molecule has 0 spiro atoms. The SMILES string of the molecule is Cc1ccc(CC(=O)N(Cc2ccccc2C)C(Cc2ccccc2)C(=O)NC(C)(C)C)cc1C. The van der Waals surface area contributed by atoms with Crippen molar-refractivity contribution in [1.29, 1.82) is 0 Å². The molecule has 0 fully saturated rings. The van der Waals surface area contributed by atoms with E-state index in [1.165, 1.54) is 5.56 Å². The summed E-state index contributed by atoms with van der Waals surface area (Å²) in [6.07, 6.45) is 0.703. The van der Waals surface area contributed by atoms with Gasteiger partial charge in [-0.2, -0.15) is 0 Å². The third kappa shape index (κ3) is 7.54. The van der Waals surface area contributed by atoms with E-state index in [0.717, 1.165) is 27.8 Å². The molecule has 0 aromatic heterocycles. The number of carbonyl (C=O) groups is 2. The first-order valence-corrected chi connectivity index (χ1v) is 12.3. The molecule has 35 heavy (non-hydrogen) atoms. The van der Waals surface area contributed by atoms with E-state index in [-0.39, 0.29) is 18.2 Å². The van der Waals surface area contributed by atoms with Crippen molar-refractivity contribution in [3.63, 3.8) is 0 Å². The number of hydrogen-bond acceptors (Lipinski definition) is 2. The fourth-order valence-electron chi connectivity index (χ4n) is 4.17. The van der Waals surface area contributed by atoms with Gasteiger partial charge in [-0.3, -0.25) is 9.59 Å². The molecule has 3 aromatic rings. The Bertz CT molecular complexity index is 1160. The second-order valence-corrected chi connectivity index (χ2v) is 10.5. The molecule has 1 unspecified atom stereocenters. The summed E-state index contributed by atoms with van der Waals surface area (Å²) in [4.78, 5) is 29.3. The fraction of sp³-hybridized carbons (Fsp3) is 0.355. The van der Waals surface area contributed by atoms with Gasteiger partial charge in [0.25, 0.3) is 0 Å². The van der Waals surface area contributed by atoms with E-state index < -0.39 is 11.6 Å². The summed E-state index contributed by atoms with van der Waals surface area (Å²) in [6.45, 7) is 12.4. The van der Waals surface area contributed by atoms with Gasteiger partial charge in [0.05, 0.1) is 6.42 Å². The minimum atomic E-state index is -0.629. The molecule has 3 aromatic carbocycles. The number of benzene rings is 3. The quantitative estimate of drug-likeness (QED) is 0.458. The van der Waals surface area contributed by atoms with E-state index in [0.29, 0.717) is 13.0 Å². The van der Waals surface area contributed by atoms with E-state index in [4.69, 9.17) is 0 Å². The van der Waals surface area contributed by atoms with Gasteiger partial charge in [-0.15, -0.1) is 0 Å². The lowest BCUT2D eigenvalue weighted by Crippen LogP contribution is -2.54. The van der Waals surface area contributed by atoms with Crippen molar-refractivity contribution >= 4 is 11.8 Å². The Balaban J connectivity index is 2.01. The molecule has 0 heterocycles. The average molecular weight is 471 g/mol. The molecule has 0 saturated carbocycles. The molecule has 4 heteroatoms. The maximum atomic E-state index is 13.9. The van der Waals surface area contributed by atoms with Gasteiger partial charge in [-0.1, -0.05) is 72.8 Å². The molecule has 4 nitrogen and oxygen atoms in total. The Morgan fingerprint density at radius 3 is 2.09 bits per heavy atom. The Kier molecular flexibility index (Phi) is 8.50. The minimum Gasteiger partial charge on any atom is -0.350 e. The number of nitrogens with zero attached hydrogens (tertiary/aromatic N) is 1. The highest BCUT2D eigenvalue weighted by Gasteiger charge is 2.32. The Labute approximate surface area is 210 Å². The molecule has 3 rings (SSSR count). The van der Waals surface area contributed by atoms with E-state index in [1.54, 1.807) is 4.90 Å². The van der Waals surface area contributed by atoms with Crippen LogP contribution in [0.4, 0.5) is 0 Å². The highest BCUT2D eigenvalue weighted by atomic mass is 16.2. The van der Waals surface area contributed by atoms with Crippen LogP contribution < -0.4 is 5.32 Å². The van der Waals surface area contributed by atoms with Crippen molar-refractivity contribution in [3.8, 4) is 0 Å². The van der Waals surface area contributed by atoms with Gasteiger partial charge in [0.2, 0.25) is 11.8 Å². The van der Waals surface area contributed by atoms with Gasteiger partial charge < -0.3 is 10.2 Å². The summed E-state index contributed by atoms with van der Waals surface area (Å²) in [6, 6.07) is 23.5. The summed E-state index contributed by atoms with van der Waals surface area (Å²) in [5, 5.41) is 3.12. The van der Waals surface area contributed by atoms with Gasteiger partial charge in [-0.05, 0) is 74.9 Å². The number of carbonyl (C=O) groups excluding carboxylic acids is 2. The van der Waals surface area contributed by atoms with Crippen LogP contribution in [0.2, 0.25) is 0 Å². The average Bonchev–Trinajstić information content (AvgIpc) is 2.79. The van der Waals surface area contributed by atoms with Crippen molar-refractivity contribution < 1.29 is 9.59 Å². The van der Waals surface area contributed by atoms with E-state index in [1.807, 2.05) is 88.4 Å². The van der Waals surface area contributed by atoms with Gasteiger partial charge in [0.15, 0.2) is 0 Å². The summed E-state index contributed by atoms with van der Waals surface area (Å²) in [7, 11) is 0. The molecule has 1 N–H and O–H groups in total. The molecule has 2 amide bonds. The first-order chi connectivity index (χ1) is 16.5. The lowest BCUT2D eigenvalue weighted by Gasteiger charge is -2.34. The van der Waals surface area contributed by atoms with Crippen LogP contribution in [-0.4, -0.2) is 28.3 Å². The van der Waals surface area contributed by atoms with Crippen LogP contribution in [0.5, 0.6) is 0 Å². The molecule has 0 aliphatic rings. The standard InChI is InChI=1S/C31H38N2O2/c1-22-16-17-26(18-24(22)3)20-29(34)33(21-27-15-11-10-12-23(27)2)28(30(35)32-31(4,5)6)19-25-13-8-7-9-14-25/h7-18,28H,19-21H2,1-6H3,(H,32,35). The third-order valence-corrected chi connectivity index (χ3v) is 6.30. The van der Waals surface area contributed by atoms with Crippen LogP contribution in [0.3, 0.4) is 0 Å². The number of nitrogens with one attached hydrogen (secondary N) is 1. The predicted molar refractivity (Wildman–Crippen MR) is 143 cm³/mol. The first kappa shape index (κ1) is 26.2. The molecular formula is C31H38N2O2. The lowest BCUT2D eigenvalue weighted by atomic mass is 9.98. The number of aryl methyl sites for hydroxylation is 3. The second-order valence-electron chi connectivity index (χ2n) is 10.5.